The Kier molecular flexibility index (Phi) is 4.72. The highest BCUT2D eigenvalue weighted by Crippen LogP contribution is 2.24. The van der Waals surface area contributed by atoms with Crippen LogP contribution < -0.4 is 5.32 Å². The third kappa shape index (κ3) is 3.87. The summed E-state index contributed by atoms with van der Waals surface area (Å²) < 4.78 is 0. The molecule has 1 heterocycles. The van der Waals surface area contributed by atoms with Gasteiger partial charge in [-0.05, 0) is 30.9 Å². The summed E-state index contributed by atoms with van der Waals surface area (Å²) in [4.78, 5) is 11.4. The van der Waals surface area contributed by atoms with E-state index in [1.807, 2.05) is 23.6 Å². The highest BCUT2D eigenvalue weighted by molar-refractivity contribution is 7.10. The van der Waals surface area contributed by atoms with E-state index in [9.17, 15) is 15.2 Å². The van der Waals surface area contributed by atoms with Crippen LogP contribution in [-0.2, 0) is 12.1 Å². The molecule has 0 spiro atoms. The van der Waals surface area contributed by atoms with E-state index < -0.39 is 5.60 Å². The molecule has 5 nitrogen and oxygen atoms in total. The van der Waals surface area contributed by atoms with Gasteiger partial charge < -0.3 is 10.4 Å². The van der Waals surface area contributed by atoms with Gasteiger partial charge in [-0.1, -0.05) is 18.2 Å². The fourth-order valence-electron chi connectivity index (χ4n) is 2.08. The Hall–Kier alpha value is -1.76. The Labute approximate surface area is 127 Å². The zero-order valence-electron chi connectivity index (χ0n) is 12.0. The van der Waals surface area contributed by atoms with Crippen LogP contribution in [0.25, 0.3) is 0 Å². The monoisotopic (exact) mass is 306 g/mol. The van der Waals surface area contributed by atoms with Gasteiger partial charge in [0.05, 0.1) is 4.92 Å². The maximum Gasteiger partial charge on any atom is 0.272 e. The molecule has 21 heavy (non-hydrogen) atoms. The zero-order valence-corrected chi connectivity index (χ0v) is 12.8. The number of nitro groups is 1. The van der Waals surface area contributed by atoms with Crippen LogP contribution in [0.4, 0.5) is 5.69 Å². The van der Waals surface area contributed by atoms with Crippen LogP contribution in [0, 0.1) is 17.0 Å². The fourth-order valence-corrected chi connectivity index (χ4v) is 2.87. The highest BCUT2D eigenvalue weighted by Gasteiger charge is 2.23. The zero-order chi connectivity index (χ0) is 15.5. The molecule has 0 aliphatic carbocycles. The first-order valence-electron chi connectivity index (χ1n) is 6.61. The van der Waals surface area contributed by atoms with Crippen LogP contribution in [0.1, 0.15) is 22.9 Å². The van der Waals surface area contributed by atoms with E-state index in [0.29, 0.717) is 18.7 Å². The number of hydrogen-bond acceptors (Lipinski definition) is 5. The first-order valence-corrected chi connectivity index (χ1v) is 7.49. The fraction of sp³-hybridized carbons (Fsp3) is 0.333. The van der Waals surface area contributed by atoms with Crippen molar-refractivity contribution in [1.82, 2.24) is 5.32 Å². The smallest absolute Gasteiger partial charge is 0.272 e. The minimum atomic E-state index is -0.940. The molecule has 1 atom stereocenters. The lowest BCUT2D eigenvalue weighted by Crippen LogP contribution is -2.34. The maximum atomic E-state index is 10.9. The second kappa shape index (κ2) is 6.34. The third-order valence-corrected chi connectivity index (χ3v) is 4.44. The largest absolute Gasteiger partial charge is 0.383 e. The average molecular weight is 306 g/mol. The van der Waals surface area contributed by atoms with Crippen molar-refractivity contribution in [3.8, 4) is 0 Å². The van der Waals surface area contributed by atoms with Crippen molar-refractivity contribution in [1.29, 1.82) is 0 Å². The van der Waals surface area contributed by atoms with Gasteiger partial charge >= 0.3 is 0 Å². The molecule has 112 valence electrons. The van der Waals surface area contributed by atoms with E-state index in [-0.39, 0.29) is 10.6 Å². The van der Waals surface area contributed by atoms with Gasteiger partial charge in [-0.2, -0.15) is 0 Å². The van der Waals surface area contributed by atoms with Gasteiger partial charge in [0.2, 0.25) is 0 Å². The third-order valence-electron chi connectivity index (χ3n) is 3.32. The van der Waals surface area contributed by atoms with Crippen LogP contribution in [0.2, 0.25) is 0 Å². The first-order chi connectivity index (χ1) is 9.90. The summed E-state index contributed by atoms with van der Waals surface area (Å²) in [5.41, 5.74) is 0.660. The Balaban J connectivity index is 1.98. The molecule has 0 saturated heterocycles. The number of aliphatic hydroxyl groups is 1. The van der Waals surface area contributed by atoms with E-state index in [1.165, 1.54) is 11.3 Å². The quantitative estimate of drug-likeness (QED) is 0.635. The van der Waals surface area contributed by atoms with Crippen molar-refractivity contribution in [2.24, 2.45) is 0 Å². The second-order valence-electron chi connectivity index (χ2n) is 5.23. The summed E-state index contributed by atoms with van der Waals surface area (Å²) in [6, 6.07) is 8.96. The first kappa shape index (κ1) is 15.6. The van der Waals surface area contributed by atoms with Crippen molar-refractivity contribution in [2.45, 2.75) is 26.0 Å². The van der Waals surface area contributed by atoms with Crippen LogP contribution in [0.15, 0.2) is 35.7 Å². The van der Waals surface area contributed by atoms with Gasteiger partial charge in [0.15, 0.2) is 0 Å². The van der Waals surface area contributed by atoms with E-state index in [0.717, 1.165) is 10.4 Å². The van der Waals surface area contributed by atoms with E-state index >= 15 is 0 Å². The average Bonchev–Trinajstić information content (AvgIpc) is 2.95. The summed E-state index contributed by atoms with van der Waals surface area (Å²) in [6.07, 6.45) is 0. The normalized spacial score (nSPS) is 13.9. The van der Waals surface area contributed by atoms with Crippen molar-refractivity contribution >= 4 is 17.0 Å². The molecule has 6 heteroatoms. The summed E-state index contributed by atoms with van der Waals surface area (Å²) in [6.45, 7) is 4.33. The van der Waals surface area contributed by atoms with E-state index in [1.54, 1.807) is 26.0 Å². The molecule has 0 amide bonds. The minimum Gasteiger partial charge on any atom is -0.383 e. The molecular weight excluding hydrogens is 288 g/mol. The van der Waals surface area contributed by atoms with Gasteiger partial charge in [-0.25, -0.2) is 0 Å². The van der Waals surface area contributed by atoms with E-state index in [2.05, 4.69) is 5.32 Å². The summed E-state index contributed by atoms with van der Waals surface area (Å²) in [7, 11) is 0. The van der Waals surface area contributed by atoms with Gasteiger partial charge in [0.1, 0.15) is 5.60 Å². The van der Waals surface area contributed by atoms with Crippen LogP contribution in [0.5, 0.6) is 0 Å². The molecule has 0 bridgehead atoms. The van der Waals surface area contributed by atoms with Crippen molar-refractivity contribution in [3.05, 3.63) is 61.8 Å². The lowest BCUT2D eigenvalue weighted by molar-refractivity contribution is -0.385. The summed E-state index contributed by atoms with van der Waals surface area (Å²) in [5, 5.41) is 26.4. The number of thiophene rings is 1. The number of hydrogen-bond donors (Lipinski definition) is 2. The Morgan fingerprint density at radius 3 is 2.81 bits per heavy atom. The van der Waals surface area contributed by atoms with Crippen molar-refractivity contribution < 1.29 is 10.0 Å². The minimum absolute atomic E-state index is 0.124. The number of nitrogens with one attached hydrogen (secondary N) is 1. The number of nitro benzene ring substituents is 1. The van der Waals surface area contributed by atoms with Crippen LogP contribution in [-0.4, -0.2) is 16.6 Å². The molecular formula is C15H18N2O3S. The van der Waals surface area contributed by atoms with Gasteiger partial charge in [0.25, 0.3) is 5.69 Å². The predicted octanol–water partition coefficient (Wildman–Crippen LogP) is 2.96. The van der Waals surface area contributed by atoms with Crippen LogP contribution >= 0.6 is 11.3 Å². The molecule has 0 aliphatic rings. The number of aryl methyl sites for hydroxylation is 1. The number of rotatable bonds is 6. The summed E-state index contributed by atoms with van der Waals surface area (Å²) in [5.74, 6) is 0. The number of benzene rings is 1. The lowest BCUT2D eigenvalue weighted by Gasteiger charge is -2.22. The van der Waals surface area contributed by atoms with Crippen molar-refractivity contribution in [3.63, 3.8) is 0 Å². The van der Waals surface area contributed by atoms with Crippen molar-refractivity contribution in [2.75, 3.05) is 6.54 Å². The van der Waals surface area contributed by atoms with Gasteiger partial charge in [-0.3, -0.25) is 10.1 Å². The Morgan fingerprint density at radius 1 is 1.43 bits per heavy atom. The van der Waals surface area contributed by atoms with Gasteiger partial charge in [0, 0.05) is 29.6 Å². The second-order valence-corrected chi connectivity index (χ2v) is 6.18. The molecule has 2 aromatic rings. The van der Waals surface area contributed by atoms with Gasteiger partial charge in [-0.15, -0.1) is 11.3 Å². The molecule has 1 aromatic heterocycles. The number of nitrogens with zero attached hydrogens (tertiary/aromatic N) is 1. The predicted molar refractivity (Wildman–Crippen MR) is 83.4 cm³/mol. The standard InChI is InChI=1S/C15H18N2O3S/c1-11-5-6-12(8-13(11)17(19)20)9-16-10-15(2,18)14-4-3-7-21-14/h3-8,16,18H,9-10H2,1-2H3. The molecule has 2 N–H and O–H groups in total. The maximum absolute atomic E-state index is 10.9. The highest BCUT2D eigenvalue weighted by atomic mass is 32.1. The Bertz CT molecular complexity index is 624. The van der Waals surface area contributed by atoms with E-state index in [4.69, 9.17) is 0 Å². The molecule has 0 fully saturated rings. The molecule has 0 radical (unpaired) electrons. The molecule has 1 aromatic carbocycles. The Morgan fingerprint density at radius 2 is 2.19 bits per heavy atom. The van der Waals surface area contributed by atoms with Crippen LogP contribution in [0.3, 0.4) is 0 Å². The molecule has 2 rings (SSSR count). The molecule has 0 saturated carbocycles. The lowest BCUT2D eigenvalue weighted by atomic mass is 10.0. The SMILES string of the molecule is Cc1ccc(CNCC(C)(O)c2cccs2)cc1[N+](=O)[O-]. The summed E-state index contributed by atoms with van der Waals surface area (Å²) >= 11 is 1.51. The molecule has 1 unspecified atom stereocenters. The topological polar surface area (TPSA) is 75.4 Å². The molecule has 0 aliphatic heterocycles.